The van der Waals surface area contributed by atoms with Crippen molar-refractivity contribution in [2.24, 2.45) is 5.84 Å². The Hall–Kier alpha value is -1.08. The highest BCUT2D eigenvalue weighted by atomic mass is 79.9. The fraction of sp³-hybridized carbons (Fsp3) is 0.357. The minimum Gasteiger partial charge on any atom is -0.497 e. The van der Waals surface area contributed by atoms with E-state index in [2.05, 4.69) is 33.4 Å². The maximum atomic E-state index is 6.30. The van der Waals surface area contributed by atoms with Crippen molar-refractivity contribution >= 4 is 27.5 Å². The third-order valence-corrected chi connectivity index (χ3v) is 4.24. The molecule has 0 aliphatic heterocycles. The molecule has 5 nitrogen and oxygen atoms in total. The predicted octanol–water partition coefficient (Wildman–Crippen LogP) is 3.27. The minimum absolute atomic E-state index is 0.281. The molecule has 2 rings (SSSR count). The highest BCUT2D eigenvalue weighted by Crippen LogP contribution is 2.34. The Morgan fingerprint density at radius 3 is 2.90 bits per heavy atom. The van der Waals surface area contributed by atoms with E-state index in [-0.39, 0.29) is 6.04 Å². The van der Waals surface area contributed by atoms with Gasteiger partial charge in [-0.1, -0.05) is 34.5 Å². The van der Waals surface area contributed by atoms with Crippen LogP contribution in [-0.2, 0) is 6.54 Å². The van der Waals surface area contributed by atoms with Gasteiger partial charge in [0.2, 0.25) is 0 Å². The number of aryl methyl sites for hydroxylation is 1. The third-order valence-electron chi connectivity index (χ3n) is 3.22. The third kappa shape index (κ3) is 3.40. The van der Waals surface area contributed by atoms with E-state index in [1.165, 1.54) is 0 Å². The van der Waals surface area contributed by atoms with E-state index < -0.39 is 0 Å². The molecule has 0 amide bonds. The lowest BCUT2D eigenvalue weighted by atomic mass is 10.0. The van der Waals surface area contributed by atoms with E-state index >= 15 is 0 Å². The molecule has 3 N–H and O–H groups in total. The molecule has 0 radical (unpaired) electrons. The molecule has 2 aromatic rings. The first-order chi connectivity index (χ1) is 10.1. The van der Waals surface area contributed by atoms with E-state index in [0.717, 1.165) is 34.4 Å². The van der Waals surface area contributed by atoms with Crippen molar-refractivity contribution in [2.45, 2.75) is 25.9 Å². The second-order valence-electron chi connectivity index (χ2n) is 4.59. The molecule has 0 aliphatic carbocycles. The van der Waals surface area contributed by atoms with Gasteiger partial charge in [0.15, 0.2) is 0 Å². The largest absolute Gasteiger partial charge is 0.497 e. The summed E-state index contributed by atoms with van der Waals surface area (Å²) in [6, 6.07) is 5.45. The number of aromatic nitrogens is 2. The van der Waals surface area contributed by atoms with Gasteiger partial charge in [0.25, 0.3) is 0 Å². The van der Waals surface area contributed by atoms with E-state index in [1.807, 2.05) is 22.9 Å². The molecule has 1 heterocycles. The predicted molar refractivity (Wildman–Crippen MR) is 87.4 cm³/mol. The second-order valence-corrected chi connectivity index (χ2v) is 5.85. The van der Waals surface area contributed by atoms with E-state index in [4.69, 9.17) is 22.2 Å². The quantitative estimate of drug-likeness (QED) is 0.602. The Morgan fingerprint density at radius 1 is 1.52 bits per heavy atom. The Kier molecular flexibility index (Phi) is 5.64. The van der Waals surface area contributed by atoms with Crippen molar-refractivity contribution in [2.75, 3.05) is 7.11 Å². The lowest BCUT2D eigenvalue weighted by Gasteiger charge is -2.20. The molecule has 1 aromatic carbocycles. The van der Waals surface area contributed by atoms with Gasteiger partial charge < -0.3 is 4.74 Å². The van der Waals surface area contributed by atoms with Gasteiger partial charge in [0.1, 0.15) is 5.75 Å². The molecule has 0 spiro atoms. The Labute approximate surface area is 137 Å². The van der Waals surface area contributed by atoms with E-state index in [9.17, 15) is 0 Å². The first-order valence-electron chi connectivity index (χ1n) is 6.63. The number of rotatable bonds is 6. The number of nitrogens with two attached hydrogens (primary N) is 1. The number of halogens is 2. The number of nitrogens with zero attached hydrogens (tertiary/aromatic N) is 2. The van der Waals surface area contributed by atoms with Crippen LogP contribution in [0.25, 0.3) is 0 Å². The highest BCUT2D eigenvalue weighted by Gasteiger charge is 2.23. The highest BCUT2D eigenvalue weighted by molar-refractivity contribution is 9.10. The smallest absolute Gasteiger partial charge is 0.119 e. The summed E-state index contributed by atoms with van der Waals surface area (Å²) in [5.41, 5.74) is 4.61. The number of hydrogen-bond acceptors (Lipinski definition) is 4. The molecule has 0 saturated carbocycles. The molecular formula is C14H18BrClN4O. The van der Waals surface area contributed by atoms with Crippen LogP contribution in [-0.4, -0.2) is 16.9 Å². The van der Waals surface area contributed by atoms with Gasteiger partial charge >= 0.3 is 0 Å². The molecule has 7 heteroatoms. The van der Waals surface area contributed by atoms with Gasteiger partial charge in [0, 0.05) is 11.0 Å². The van der Waals surface area contributed by atoms with Crippen molar-refractivity contribution in [1.82, 2.24) is 15.2 Å². The Balaban J connectivity index is 2.51. The second kappa shape index (κ2) is 7.26. The van der Waals surface area contributed by atoms with Crippen LogP contribution in [0, 0.1) is 0 Å². The summed E-state index contributed by atoms with van der Waals surface area (Å²) in [7, 11) is 1.63. The van der Waals surface area contributed by atoms with Gasteiger partial charge in [-0.2, -0.15) is 5.10 Å². The molecule has 0 saturated heterocycles. The van der Waals surface area contributed by atoms with Gasteiger partial charge in [-0.05, 0) is 30.2 Å². The monoisotopic (exact) mass is 372 g/mol. The SMILES string of the molecule is CCCn1ncc(Cl)c1C(NN)c1cc(OC)ccc1Br. The number of hydrazine groups is 1. The Bertz CT molecular complexity index is 617. The van der Waals surface area contributed by atoms with Gasteiger partial charge in [-0.3, -0.25) is 10.5 Å². The van der Waals surface area contributed by atoms with Crippen LogP contribution in [0.2, 0.25) is 5.02 Å². The minimum atomic E-state index is -0.281. The molecular weight excluding hydrogens is 356 g/mol. The molecule has 1 unspecified atom stereocenters. The average molecular weight is 374 g/mol. The first-order valence-corrected chi connectivity index (χ1v) is 7.80. The van der Waals surface area contributed by atoms with Crippen molar-refractivity contribution in [1.29, 1.82) is 0 Å². The van der Waals surface area contributed by atoms with Crippen molar-refractivity contribution in [3.05, 3.63) is 45.1 Å². The standard InChI is InChI=1S/C14H18BrClN4O/c1-3-6-20-14(12(16)8-18-20)13(19-17)10-7-9(21-2)4-5-11(10)15/h4-5,7-8,13,19H,3,6,17H2,1-2H3. The van der Waals surface area contributed by atoms with Crippen LogP contribution in [0.5, 0.6) is 5.75 Å². The van der Waals surface area contributed by atoms with Crippen LogP contribution >= 0.6 is 27.5 Å². The van der Waals surface area contributed by atoms with Gasteiger partial charge in [-0.15, -0.1) is 0 Å². The maximum Gasteiger partial charge on any atom is 0.119 e. The molecule has 114 valence electrons. The average Bonchev–Trinajstić information content (AvgIpc) is 2.84. The summed E-state index contributed by atoms with van der Waals surface area (Å²) >= 11 is 9.86. The van der Waals surface area contributed by atoms with Crippen molar-refractivity contribution in [3.63, 3.8) is 0 Å². The van der Waals surface area contributed by atoms with Gasteiger partial charge in [-0.25, -0.2) is 5.43 Å². The van der Waals surface area contributed by atoms with E-state index in [0.29, 0.717) is 5.02 Å². The number of benzene rings is 1. The molecule has 21 heavy (non-hydrogen) atoms. The molecule has 1 aromatic heterocycles. The lowest BCUT2D eigenvalue weighted by Crippen LogP contribution is -2.31. The molecule has 0 fully saturated rings. The zero-order valence-corrected chi connectivity index (χ0v) is 14.3. The summed E-state index contributed by atoms with van der Waals surface area (Å²) in [4.78, 5) is 0. The maximum absolute atomic E-state index is 6.30. The van der Waals surface area contributed by atoms with Crippen LogP contribution in [0.4, 0.5) is 0 Å². The van der Waals surface area contributed by atoms with Crippen LogP contribution in [0.15, 0.2) is 28.9 Å². The number of methoxy groups -OCH3 is 1. The summed E-state index contributed by atoms with van der Waals surface area (Å²) in [5, 5.41) is 4.90. The number of ether oxygens (including phenoxy) is 1. The topological polar surface area (TPSA) is 65.1 Å². The van der Waals surface area contributed by atoms with Crippen LogP contribution in [0.3, 0.4) is 0 Å². The van der Waals surface area contributed by atoms with E-state index in [1.54, 1.807) is 13.3 Å². The fourth-order valence-corrected chi connectivity index (χ4v) is 2.96. The first kappa shape index (κ1) is 16.3. The molecule has 0 aliphatic rings. The summed E-state index contributed by atoms with van der Waals surface area (Å²) in [5.74, 6) is 6.53. The lowest BCUT2D eigenvalue weighted by molar-refractivity contribution is 0.413. The van der Waals surface area contributed by atoms with Crippen LogP contribution < -0.4 is 16.0 Å². The van der Waals surface area contributed by atoms with Gasteiger partial charge in [0.05, 0.1) is 30.1 Å². The summed E-state index contributed by atoms with van der Waals surface area (Å²) < 4.78 is 8.08. The number of hydrogen-bond donors (Lipinski definition) is 2. The summed E-state index contributed by atoms with van der Waals surface area (Å²) in [6.45, 7) is 2.87. The number of nitrogens with one attached hydrogen (secondary N) is 1. The zero-order valence-electron chi connectivity index (χ0n) is 11.9. The van der Waals surface area contributed by atoms with Crippen LogP contribution in [0.1, 0.15) is 30.6 Å². The van der Waals surface area contributed by atoms with Crippen molar-refractivity contribution < 1.29 is 4.74 Å². The zero-order chi connectivity index (χ0) is 15.4. The van der Waals surface area contributed by atoms with Crippen molar-refractivity contribution in [3.8, 4) is 5.75 Å². The summed E-state index contributed by atoms with van der Waals surface area (Å²) in [6.07, 6.45) is 2.60. The normalized spacial score (nSPS) is 12.4. The molecule has 0 bridgehead atoms. The fourth-order valence-electron chi connectivity index (χ4n) is 2.23. The molecule has 1 atom stereocenters. The Morgan fingerprint density at radius 2 is 2.29 bits per heavy atom.